The fourth-order valence-electron chi connectivity index (χ4n) is 4.50. The second kappa shape index (κ2) is 11.1. The van der Waals surface area contributed by atoms with Gasteiger partial charge in [0.25, 0.3) is 0 Å². The number of unbranched alkanes of at least 4 members (excludes halogenated alkanes) is 3. The van der Waals surface area contributed by atoms with Gasteiger partial charge in [-0.15, -0.1) is 0 Å². The van der Waals surface area contributed by atoms with Crippen molar-refractivity contribution in [2.45, 2.75) is 83.3 Å². The van der Waals surface area contributed by atoms with Crippen LogP contribution in [0.3, 0.4) is 0 Å². The van der Waals surface area contributed by atoms with Crippen molar-refractivity contribution >= 4 is 0 Å². The summed E-state index contributed by atoms with van der Waals surface area (Å²) in [5.74, 6) is 0.174. The Kier molecular flexibility index (Phi) is 9.10. The first-order valence-corrected chi connectivity index (χ1v) is 10.7. The maximum atomic E-state index is 11.8. The lowest BCUT2D eigenvalue weighted by atomic mass is 9.74. The minimum atomic E-state index is -0.735. The minimum Gasteiger partial charge on any atom is -0.388 e. The summed E-state index contributed by atoms with van der Waals surface area (Å²) in [7, 11) is 0. The van der Waals surface area contributed by atoms with Crippen LogP contribution < -0.4 is 0 Å². The molecule has 1 aromatic carbocycles. The van der Waals surface area contributed by atoms with Crippen LogP contribution in [0, 0.1) is 0 Å². The van der Waals surface area contributed by atoms with Gasteiger partial charge in [0.05, 0.1) is 18.8 Å². The molecule has 0 radical (unpaired) electrons. The highest BCUT2D eigenvalue weighted by Gasteiger charge is 2.42. The van der Waals surface area contributed by atoms with Crippen LogP contribution in [0.1, 0.15) is 77.2 Å². The van der Waals surface area contributed by atoms with Crippen LogP contribution in [0.25, 0.3) is 0 Å². The topological polar surface area (TPSA) is 32.7 Å². The molecule has 3 heteroatoms. The van der Waals surface area contributed by atoms with Crippen LogP contribution >= 0.6 is 0 Å². The summed E-state index contributed by atoms with van der Waals surface area (Å²) in [5.41, 5.74) is 0.534. The first kappa shape index (κ1) is 21.4. The number of morpholine rings is 1. The highest BCUT2D eigenvalue weighted by atomic mass is 16.5. The molecule has 26 heavy (non-hydrogen) atoms. The van der Waals surface area contributed by atoms with Gasteiger partial charge in [-0.2, -0.15) is 0 Å². The van der Waals surface area contributed by atoms with E-state index in [4.69, 9.17) is 4.74 Å². The van der Waals surface area contributed by atoms with Crippen molar-refractivity contribution in [2.24, 2.45) is 0 Å². The molecule has 0 saturated carbocycles. The van der Waals surface area contributed by atoms with Gasteiger partial charge in [-0.05, 0) is 25.3 Å². The molecule has 3 nitrogen and oxygen atoms in total. The number of rotatable bonds is 11. The van der Waals surface area contributed by atoms with Crippen LogP contribution in [-0.4, -0.2) is 48.0 Å². The van der Waals surface area contributed by atoms with Crippen LogP contribution in [0.5, 0.6) is 0 Å². The quantitative estimate of drug-likeness (QED) is 0.563. The standard InChI is InChI=1S/C23H39NO2/c1-4-6-7-11-15-22(24-16-18-26-19-17-24)23(3,25)21(12-5-2)20-13-9-8-10-14-20/h8-10,13-14,21-22,25H,4-7,11-12,15-19H2,1-3H3. The van der Waals surface area contributed by atoms with Crippen molar-refractivity contribution in [3.8, 4) is 0 Å². The Labute approximate surface area is 160 Å². The molecule has 1 aromatic rings. The summed E-state index contributed by atoms with van der Waals surface area (Å²) in [6, 6.07) is 10.8. The Morgan fingerprint density at radius 3 is 2.31 bits per heavy atom. The van der Waals surface area contributed by atoms with Crippen molar-refractivity contribution in [3.63, 3.8) is 0 Å². The number of ether oxygens (including phenoxy) is 1. The third-order valence-electron chi connectivity index (χ3n) is 5.98. The Balaban J connectivity index is 2.22. The highest BCUT2D eigenvalue weighted by Crippen LogP contribution is 2.38. The van der Waals surface area contributed by atoms with Crippen molar-refractivity contribution < 1.29 is 9.84 Å². The fraction of sp³-hybridized carbons (Fsp3) is 0.739. The normalized spacial score (nSPS) is 20.5. The van der Waals surface area contributed by atoms with E-state index in [0.29, 0.717) is 0 Å². The number of benzene rings is 1. The molecular formula is C23H39NO2. The summed E-state index contributed by atoms with van der Waals surface area (Å²) in [6.07, 6.45) is 8.17. The summed E-state index contributed by atoms with van der Waals surface area (Å²) in [6.45, 7) is 9.99. The molecule has 148 valence electrons. The number of nitrogens with zero attached hydrogens (tertiary/aromatic N) is 1. The maximum absolute atomic E-state index is 11.8. The monoisotopic (exact) mass is 361 g/mol. The SMILES string of the molecule is CCCCCCC(N1CCOCC1)C(C)(O)C(CCC)c1ccccc1. The molecule has 2 rings (SSSR count). The average molecular weight is 362 g/mol. The zero-order chi connectivity index (χ0) is 18.8. The van der Waals surface area contributed by atoms with Gasteiger partial charge in [0, 0.05) is 25.0 Å². The lowest BCUT2D eigenvalue weighted by Gasteiger charge is -2.46. The van der Waals surface area contributed by atoms with Gasteiger partial charge in [-0.25, -0.2) is 0 Å². The molecule has 3 atom stereocenters. The summed E-state index contributed by atoms with van der Waals surface area (Å²) in [5, 5.41) is 11.8. The van der Waals surface area contributed by atoms with Crippen molar-refractivity contribution in [3.05, 3.63) is 35.9 Å². The van der Waals surface area contributed by atoms with Gasteiger partial charge in [-0.3, -0.25) is 4.90 Å². The lowest BCUT2D eigenvalue weighted by molar-refractivity contribution is -0.0861. The van der Waals surface area contributed by atoms with E-state index in [-0.39, 0.29) is 12.0 Å². The predicted octanol–water partition coefficient (Wildman–Crippen LogP) is 4.99. The van der Waals surface area contributed by atoms with Crippen LogP contribution in [0.4, 0.5) is 0 Å². The second-order valence-corrected chi connectivity index (χ2v) is 7.99. The smallest absolute Gasteiger partial charge is 0.0842 e. The fourth-order valence-corrected chi connectivity index (χ4v) is 4.50. The van der Waals surface area contributed by atoms with E-state index >= 15 is 0 Å². The predicted molar refractivity (Wildman–Crippen MR) is 110 cm³/mol. The van der Waals surface area contributed by atoms with E-state index in [9.17, 15) is 5.11 Å². The molecule has 3 unspecified atom stereocenters. The minimum absolute atomic E-state index is 0.174. The van der Waals surface area contributed by atoms with Gasteiger partial charge < -0.3 is 9.84 Å². The lowest BCUT2D eigenvalue weighted by Crippen LogP contribution is -2.57. The number of aliphatic hydroxyl groups is 1. The van der Waals surface area contributed by atoms with E-state index in [1.807, 2.05) is 0 Å². The van der Waals surface area contributed by atoms with E-state index in [1.54, 1.807) is 0 Å². The third-order valence-corrected chi connectivity index (χ3v) is 5.98. The third kappa shape index (κ3) is 5.80. The summed E-state index contributed by atoms with van der Waals surface area (Å²) >= 11 is 0. The first-order chi connectivity index (χ1) is 12.6. The molecule has 1 N–H and O–H groups in total. The Hall–Kier alpha value is -0.900. The van der Waals surface area contributed by atoms with Crippen LogP contribution in [-0.2, 0) is 4.74 Å². The van der Waals surface area contributed by atoms with Gasteiger partial charge in [-0.1, -0.05) is 76.3 Å². The Morgan fingerprint density at radius 2 is 1.69 bits per heavy atom. The first-order valence-electron chi connectivity index (χ1n) is 10.7. The summed E-state index contributed by atoms with van der Waals surface area (Å²) in [4.78, 5) is 2.49. The molecule has 1 aliphatic rings. The molecule has 1 aliphatic heterocycles. The van der Waals surface area contributed by atoms with E-state index in [0.717, 1.165) is 45.6 Å². The zero-order valence-corrected chi connectivity index (χ0v) is 17.1. The summed E-state index contributed by atoms with van der Waals surface area (Å²) < 4.78 is 5.57. The zero-order valence-electron chi connectivity index (χ0n) is 17.1. The Bertz CT molecular complexity index is 482. The average Bonchev–Trinajstić information content (AvgIpc) is 2.67. The van der Waals surface area contributed by atoms with E-state index in [1.165, 1.54) is 31.2 Å². The van der Waals surface area contributed by atoms with E-state index < -0.39 is 5.60 Å². The second-order valence-electron chi connectivity index (χ2n) is 7.99. The molecule has 0 aliphatic carbocycles. The molecule has 1 heterocycles. The number of hydrogen-bond donors (Lipinski definition) is 1. The molecule has 0 aromatic heterocycles. The Morgan fingerprint density at radius 1 is 1.00 bits per heavy atom. The van der Waals surface area contributed by atoms with Crippen LogP contribution in [0.15, 0.2) is 30.3 Å². The van der Waals surface area contributed by atoms with Gasteiger partial charge in [0.1, 0.15) is 0 Å². The molecule has 1 saturated heterocycles. The molecular weight excluding hydrogens is 322 g/mol. The maximum Gasteiger partial charge on any atom is 0.0842 e. The van der Waals surface area contributed by atoms with Crippen molar-refractivity contribution in [1.29, 1.82) is 0 Å². The molecule has 0 bridgehead atoms. The van der Waals surface area contributed by atoms with Crippen molar-refractivity contribution in [1.82, 2.24) is 4.90 Å². The molecule has 1 fully saturated rings. The van der Waals surface area contributed by atoms with Crippen LogP contribution in [0.2, 0.25) is 0 Å². The largest absolute Gasteiger partial charge is 0.388 e. The van der Waals surface area contributed by atoms with Crippen molar-refractivity contribution in [2.75, 3.05) is 26.3 Å². The van der Waals surface area contributed by atoms with Gasteiger partial charge >= 0.3 is 0 Å². The molecule has 0 amide bonds. The van der Waals surface area contributed by atoms with Gasteiger partial charge in [0.15, 0.2) is 0 Å². The van der Waals surface area contributed by atoms with E-state index in [2.05, 4.69) is 56.0 Å². The highest BCUT2D eigenvalue weighted by molar-refractivity contribution is 5.24. The molecule has 0 spiro atoms. The van der Waals surface area contributed by atoms with Gasteiger partial charge in [0.2, 0.25) is 0 Å². The number of hydrogen-bond acceptors (Lipinski definition) is 3.